The van der Waals surface area contributed by atoms with Gasteiger partial charge < -0.3 is 5.11 Å². The maximum absolute atomic E-state index is 9.70. The van der Waals surface area contributed by atoms with Crippen molar-refractivity contribution in [1.29, 1.82) is 0 Å². The summed E-state index contributed by atoms with van der Waals surface area (Å²) < 4.78 is 0. The zero-order chi connectivity index (χ0) is 10.8. The summed E-state index contributed by atoms with van der Waals surface area (Å²) in [6, 6.07) is 6.10. The standard InChI is InChI=1S/C13H15NO/c1-3-9-14(2)12-8-7-11-10(12)5-4-6-13(11)15/h1,4-6,12,15H,7-9H2,2H3/t12-/m1/s1. The van der Waals surface area contributed by atoms with Crippen molar-refractivity contribution < 1.29 is 5.11 Å². The molecule has 0 radical (unpaired) electrons. The predicted molar refractivity (Wildman–Crippen MR) is 60.6 cm³/mol. The predicted octanol–water partition coefficient (Wildman–Crippen LogP) is 1.94. The second-order valence-electron chi connectivity index (χ2n) is 4.02. The molecule has 1 atom stereocenters. The molecule has 0 unspecified atom stereocenters. The molecule has 1 aromatic rings. The van der Waals surface area contributed by atoms with Gasteiger partial charge in [0.1, 0.15) is 5.75 Å². The van der Waals surface area contributed by atoms with Gasteiger partial charge >= 0.3 is 0 Å². The Balaban J connectivity index is 2.29. The first kappa shape index (κ1) is 10.1. The molecule has 0 saturated heterocycles. The second-order valence-corrected chi connectivity index (χ2v) is 4.02. The highest BCUT2D eigenvalue weighted by molar-refractivity contribution is 5.44. The summed E-state index contributed by atoms with van der Waals surface area (Å²) in [6.45, 7) is 0.653. The molecule has 0 aliphatic heterocycles. The van der Waals surface area contributed by atoms with Gasteiger partial charge in [-0.2, -0.15) is 0 Å². The Kier molecular flexibility index (Phi) is 2.66. The number of rotatable bonds is 2. The van der Waals surface area contributed by atoms with Crippen LogP contribution >= 0.6 is 0 Å². The summed E-state index contributed by atoms with van der Waals surface area (Å²) in [4.78, 5) is 2.16. The molecular formula is C13H15NO. The highest BCUT2D eigenvalue weighted by atomic mass is 16.3. The SMILES string of the molecule is C#CCN(C)[C@@H]1CCc2c(O)cccc21. The van der Waals surface area contributed by atoms with Gasteiger partial charge in [-0.1, -0.05) is 18.1 Å². The molecule has 2 rings (SSSR count). The lowest BCUT2D eigenvalue weighted by atomic mass is 10.1. The van der Waals surface area contributed by atoms with Crippen molar-refractivity contribution in [1.82, 2.24) is 4.90 Å². The van der Waals surface area contributed by atoms with Crippen LogP contribution < -0.4 is 0 Å². The fourth-order valence-corrected chi connectivity index (χ4v) is 2.33. The molecule has 1 aliphatic carbocycles. The van der Waals surface area contributed by atoms with Crippen molar-refractivity contribution in [3.05, 3.63) is 29.3 Å². The van der Waals surface area contributed by atoms with Crippen LogP contribution in [0.15, 0.2) is 18.2 Å². The number of fused-ring (bicyclic) bond motifs is 1. The number of benzene rings is 1. The normalized spacial score (nSPS) is 18.9. The third kappa shape index (κ3) is 1.71. The van der Waals surface area contributed by atoms with E-state index in [0.29, 0.717) is 18.3 Å². The van der Waals surface area contributed by atoms with Crippen molar-refractivity contribution in [3.63, 3.8) is 0 Å². The Morgan fingerprint density at radius 3 is 3.13 bits per heavy atom. The summed E-state index contributed by atoms with van der Waals surface area (Å²) >= 11 is 0. The topological polar surface area (TPSA) is 23.5 Å². The summed E-state index contributed by atoms with van der Waals surface area (Å²) in [6.07, 6.45) is 7.30. The fourth-order valence-electron chi connectivity index (χ4n) is 2.33. The minimum absolute atomic E-state index is 0.364. The van der Waals surface area contributed by atoms with E-state index in [1.54, 1.807) is 6.07 Å². The molecule has 0 bridgehead atoms. The van der Waals surface area contributed by atoms with E-state index in [1.807, 2.05) is 13.1 Å². The van der Waals surface area contributed by atoms with E-state index in [-0.39, 0.29) is 0 Å². The molecule has 78 valence electrons. The van der Waals surface area contributed by atoms with E-state index in [4.69, 9.17) is 6.42 Å². The molecule has 0 amide bonds. The van der Waals surface area contributed by atoms with Gasteiger partial charge in [0, 0.05) is 6.04 Å². The van der Waals surface area contributed by atoms with E-state index < -0.39 is 0 Å². The third-order valence-corrected chi connectivity index (χ3v) is 3.09. The zero-order valence-electron chi connectivity index (χ0n) is 8.90. The molecule has 2 nitrogen and oxygen atoms in total. The Hall–Kier alpha value is -1.46. The summed E-state index contributed by atoms with van der Waals surface area (Å²) in [7, 11) is 2.03. The van der Waals surface area contributed by atoms with Crippen LogP contribution in [0, 0.1) is 12.3 Å². The van der Waals surface area contributed by atoms with Crippen molar-refractivity contribution in [2.45, 2.75) is 18.9 Å². The highest BCUT2D eigenvalue weighted by Gasteiger charge is 2.26. The van der Waals surface area contributed by atoms with Gasteiger partial charge in [-0.25, -0.2) is 0 Å². The van der Waals surface area contributed by atoms with Crippen molar-refractivity contribution >= 4 is 0 Å². The number of hydrogen-bond donors (Lipinski definition) is 1. The average Bonchev–Trinajstić information content (AvgIpc) is 2.63. The van der Waals surface area contributed by atoms with Crippen LogP contribution in [0.5, 0.6) is 5.75 Å². The lowest BCUT2D eigenvalue weighted by molar-refractivity contribution is 0.274. The van der Waals surface area contributed by atoms with Gasteiger partial charge in [-0.05, 0) is 37.1 Å². The summed E-state index contributed by atoms with van der Waals surface area (Å²) in [5, 5.41) is 9.70. The molecule has 0 spiro atoms. The molecule has 0 saturated carbocycles. The van der Waals surface area contributed by atoms with E-state index in [2.05, 4.69) is 16.9 Å². The number of phenolic OH excluding ortho intramolecular Hbond substituents is 1. The summed E-state index contributed by atoms with van der Waals surface area (Å²) in [5.74, 6) is 3.07. The highest BCUT2D eigenvalue weighted by Crippen LogP contribution is 2.38. The van der Waals surface area contributed by atoms with Crippen LogP contribution in [0.3, 0.4) is 0 Å². The first-order chi connectivity index (χ1) is 7.24. The molecule has 0 heterocycles. The number of aromatic hydroxyl groups is 1. The quantitative estimate of drug-likeness (QED) is 0.739. The van der Waals surface area contributed by atoms with Crippen LogP contribution in [-0.4, -0.2) is 23.6 Å². The maximum Gasteiger partial charge on any atom is 0.119 e. The Morgan fingerprint density at radius 2 is 2.40 bits per heavy atom. The Bertz CT molecular complexity index is 405. The van der Waals surface area contributed by atoms with Crippen molar-refractivity contribution in [3.8, 4) is 18.1 Å². The van der Waals surface area contributed by atoms with Gasteiger partial charge in [-0.3, -0.25) is 4.90 Å². The number of hydrogen-bond acceptors (Lipinski definition) is 2. The lowest BCUT2D eigenvalue weighted by Crippen LogP contribution is -2.23. The lowest BCUT2D eigenvalue weighted by Gasteiger charge is -2.22. The van der Waals surface area contributed by atoms with Gasteiger partial charge in [0.2, 0.25) is 0 Å². The molecule has 2 heteroatoms. The van der Waals surface area contributed by atoms with Gasteiger partial charge in [0.15, 0.2) is 0 Å². The van der Waals surface area contributed by atoms with Gasteiger partial charge in [0.05, 0.1) is 6.54 Å². The Morgan fingerprint density at radius 1 is 1.60 bits per heavy atom. The van der Waals surface area contributed by atoms with Crippen LogP contribution in [-0.2, 0) is 6.42 Å². The fraction of sp³-hybridized carbons (Fsp3) is 0.385. The van der Waals surface area contributed by atoms with Gasteiger partial charge in [0.25, 0.3) is 0 Å². The molecule has 15 heavy (non-hydrogen) atoms. The van der Waals surface area contributed by atoms with Crippen molar-refractivity contribution in [2.75, 3.05) is 13.6 Å². The smallest absolute Gasteiger partial charge is 0.119 e. The molecule has 1 N–H and O–H groups in total. The minimum Gasteiger partial charge on any atom is -0.508 e. The first-order valence-electron chi connectivity index (χ1n) is 5.18. The summed E-state index contributed by atoms with van der Waals surface area (Å²) in [5.41, 5.74) is 2.32. The second kappa shape index (κ2) is 3.96. The number of phenols is 1. The van der Waals surface area contributed by atoms with E-state index in [9.17, 15) is 5.11 Å². The van der Waals surface area contributed by atoms with Crippen LogP contribution in [0.1, 0.15) is 23.6 Å². The van der Waals surface area contributed by atoms with Crippen LogP contribution in [0.4, 0.5) is 0 Å². The molecule has 1 aliphatic rings. The minimum atomic E-state index is 0.364. The first-order valence-corrected chi connectivity index (χ1v) is 5.18. The molecule has 0 aromatic heterocycles. The molecular weight excluding hydrogens is 186 g/mol. The number of terminal acetylenes is 1. The van der Waals surface area contributed by atoms with E-state index >= 15 is 0 Å². The van der Waals surface area contributed by atoms with Crippen LogP contribution in [0.2, 0.25) is 0 Å². The van der Waals surface area contributed by atoms with E-state index in [0.717, 1.165) is 18.4 Å². The zero-order valence-corrected chi connectivity index (χ0v) is 8.90. The number of nitrogens with zero attached hydrogens (tertiary/aromatic N) is 1. The van der Waals surface area contributed by atoms with Crippen molar-refractivity contribution in [2.24, 2.45) is 0 Å². The molecule has 0 fully saturated rings. The Labute approximate surface area is 90.5 Å². The third-order valence-electron chi connectivity index (χ3n) is 3.09. The van der Waals surface area contributed by atoms with Crippen LogP contribution in [0.25, 0.3) is 0 Å². The average molecular weight is 201 g/mol. The molecule has 1 aromatic carbocycles. The maximum atomic E-state index is 9.70. The largest absolute Gasteiger partial charge is 0.508 e. The van der Waals surface area contributed by atoms with E-state index in [1.165, 1.54) is 5.56 Å². The van der Waals surface area contributed by atoms with Gasteiger partial charge in [-0.15, -0.1) is 6.42 Å². The monoisotopic (exact) mass is 201 g/mol.